The molecule has 19 heteroatoms. The third-order valence-electron chi connectivity index (χ3n) is 11.6. The summed E-state index contributed by atoms with van der Waals surface area (Å²) >= 11 is 0. The van der Waals surface area contributed by atoms with E-state index in [4.69, 9.17) is 5.73 Å². The lowest BCUT2D eigenvalue weighted by Crippen LogP contribution is -2.50. The third-order valence-corrected chi connectivity index (χ3v) is 11.6. The molecule has 5 aliphatic rings. The number of rotatable bonds is 10. The summed E-state index contributed by atoms with van der Waals surface area (Å²) < 4.78 is 30.5. The third kappa shape index (κ3) is 8.05. The molecule has 3 aromatic rings. The Morgan fingerprint density at radius 1 is 0.860 bits per heavy atom. The zero-order chi connectivity index (χ0) is 39.8. The lowest BCUT2D eigenvalue weighted by atomic mass is 10.0. The van der Waals surface area contributed by atoms with Gasteiger partial charge in [0, 0.05) is 103 Å². The smallest absolute Gasteiger partial charge is 0.328 e. The van der Waals surface area contributed by atoms with Crippen molar-refractivity contribution in [3.05, 3.63) is 53.7 Å². The summed E-state index contributed by atoms with van der Waals surface area (Å²) in [6.07, 6.45) is 2.78. The molecule has 0 saturated carbocycles. The lowest BCUT2D eigenvalue weighted by Gasteiger charge is -2.37. The van der Waals surface area contributed by atoms with Crippen LogP contribution >= 0.6 is 0 Å². The van der Waals surface area contributed by atoms with E-state index in [1.807, 2.05) is 14.7 Å². The number of nitrogens with zero attached hydrogens (tertiary/aromatic N) is 10. The number of imide groups is 1. The van der Waals surface area contributed by atoms with E-state index < -0.39 is 23.6 Å². The summed E-state index contributed by atoms with van der Waals surface area (Å²) in [4.78, 5) is 66.9. The molecule has 4 N–H and O–H groups in total. The number of nitrogens with one attached hydrogen (secondary N) is 2. The number of urea groups is 2. The SMILES string of the molecule is CN1CCN(C2CCCN(c3nnc(C(N)=O)c(Nc4ccc(N5CCN(CC6CCN(c7ccc(F)c(N8CCC(=O)NC8=O)c7)C6)CC5)c(F)c4)n3)C2)C1=O. The van der Waals surface area contributed by atoms with Crippen molar-refractivity contribution in [1.82, 2.24) is 35.2 Å². The van der Waals surface area contributed by atoms with E-state index in [9.17, 15) is 23.6 Å². The van der Waals surface area contributed by atoms with E-state index in [1.165, 1.54) is 17.0 Å². The zero-order valence-electron chi connectivity index (χ0n) is 31.9. The van der Waals surface area contributed by atoms with Gasteiger partial charge >= 0.3 is 12.1 Å². The number of benzene rings is 2. The van der Waals surface area contributed by atoms with Crippen LogP contribution < -0.4 is 36.0 Å². The molecule has 6 heterocycles. The van der Waals surface area contributed by atoms with Gasteiger partial charge in [0.15, 0.2) is 11.5 Å². The van der Waals surface area contributed by atoms with Crippen molar-refractivity contribution in [1.29, 1.82) is 0 Å². The van der Waals surface area contributed by atoms with Gasteiger partial charge in [-0.05, 0) is 61.6 Å². The number of carbonyl (C=O) groups is 4. The molecule has 1 aromatic heterocycles. The highest BCUT2D eigenvalue weighted by Gasteiger charge is 2.35. The highest BCUT2D eigenvalue weighted by molar-refractivity contribution is 6.05. The van der Waals surface area contributed by atoms with Crippen LogP contribution in [0.25, 0.3) is 0 Å². The number of hydrogen-bond donors (Lipinski definition) is 3. The maximum Gasteiger partial charge on any atom is 0.328 e. The first kappa shape index (κ1) is 38.0. The topological polar surface area (TPSA) is 180 Å². The Hall–Kier alpha value is -5.85. The van der Waals surface area contributed by atoms with Gasteiger partial charge in [0.2, 0.25) is 11.9 Å². The number of aromatic nitrogens is 3. The molecule has 5 saturated heterocycles. The molecule has 0 radical (unpaired) electrons. The molecule has 2 unspecified atom stereocenters. The van der Waals surface area contributed by atoms with E-state index in [1.54, 1.807) is 36.2 Å². The number of carbonyl (C=O) groups excluding carboxylic acids is 4. The summed E-state index contributed by atoms with van der Waals surface area (Å²) in [5.74, 6) is -1.37. The first-order valence-electron chi connectivity index (χ1n) is 19.5. The number of primary amides is 1. The molecular weight excluding hydrogens is 741 g/mol. The molecule has 5 aliphatic heterocycles. The predicted octanol–water partition coefficient (Wildman–Crippen LogP) is 2.42. The van der Waals surface area contributed by atoms with Gasteiger partial charge in [0.25, 0.3) is 5.91 Å². The van der Waals surface area contributed by atoms with E-state index >= 15 is 4.39 Å². The van der Waals surface area contributed by atoms with Crippen molar-refractivity contribution >= 4 is 58.4 Å². The summed E-state index contributed by atoms with van der Waals surface area (Å²) in [5.41, 5.74) is 7.30. The van der Waals surface area contributed by atoms with Gasteiger partial charge in [0.05, 0.1) is 17.4 Å². The summed E-state index contributed by atoms with van der Waals surface area (Å²) in [5, 5.41) is 13.6. The van der Waals surface area contributed by atoms with Gasteiger partial charge in [-0.1, -0.05) is 0 Å². The van der Waals surface area contributed by atoms with Crippen LogP contribution in [0.4, 0.5) is 52.9 Å². The minimum absolute atomic E-state index is 0.00107. The highest BCUT2D eigenvalue weighted by atomic mass is 19.1. The van der Waals surface area contributed by atoms with Crippen molar-refractivity contribution in [2.45, 2.75) is 31.7 Å². The largest absolute Gasteiger partial charge is 0.371 e. The Balaban J connectivity index is 0.858. The molecule has 8 rings (SSSR count). The molecule has 0 aliphatic carbocycles. The van der Waals surface area contributed by atoms with Crippen LogP contribution in [0.5, 0.6) is 0 Å². The van der Waals surface area contributed by atoms with Gasteiger partial charge in [-0.25, -0.2) is 18.4 Å². The maximum absolute atomic E-state index is 15.7. The molecule has 2 atom stereocenters. The molecule has 57 heavy (non-hydrogen) atoms. The van der Waals surface area contributed by atoms with Crippen LogP contribution in [-0.4, -0.2) is 145 Å². The average molecular weight is 788 g/mol. The fourth-order valence-electron chi connectivity index (χ4n) is 8.53. The van der Waals surface area contributed by atoms with Gasteiger partial charge < -0.3 is 35.6 Å². The van der Waals surface area contributed by atoms with E-state index in [0.29, 0.717) is 62.5 Å². The molecule has 302 valence electrons. The Morgan fingerprint density at radius 3 is 2.42 bits per heavy atom. The van der Waals surface area contributed by atoms with Gasteiger partial charge in [-0.15, -0.1) is 10.2 Å². The maximum atomic E-state index is 15.7. The molecule has 2 aromatic carbocycles. The second-order valence-electron chi connectivity index (χ2n) is 15.4. The summed E-state index contributed by atoms with van der Waals surface area (Å²) in [7, 11) is 1.79. The molecule has 5 fully saturated rings. The first-order chi connectivity index (χ1) is 27.5. The van der Waals surface area contributed by atoms with Crippen LogP contribution in [0.3, 0.4) is 0 Å². The number of halogens is 2. The molecular formula is C38H47F2N13O4. The summed E-state index contributed by atoms with van der Waals surface area (Å²) in [6, 6.07) is 8.98. The van der Waals surface area contributed by atoms with Crippen LogP contribution in [0, 0.1) is 17.6 Å². The average Bonchev–Trinajstić information content (AvgIpc) is 3.81. The standard InChI is InChI=1S/C38H47F2N13O4/c1-47-13-18-52(38(47)57)27-3-2-10-51(23-27)36-44-35(33(34(41)55)45-46-36)42-25-4-7-30(29(40)19-25)49-16-14-48(15-17-49)21-24-8-11-50(22-24)26-5-6-28(39)31(20-26)53-12-9-32(54)43-37(53)56/h4-7,19-20,24,27H,2-3,8-18,21-23H2,1H3,(H2,41,55)(H,42,44,46)(H,43,54,56). The van der Waals surface area contributed by atoms with Crippen LogP contribution in [0.2, 0.25) is 0 Å². The molecule has 0 spiro atoms. The number of amides is 6. The quantitative estimate of drug-likeness (QED) is 0.274. The van der Waals surface area contributed by atoms with E-state index in [-0.39, 0.29) is 48.1 Å². The number of nitrogens with two attached hydrogens (primary N) is 1. The van der Waals surface area contributed by atoms with Gasteiger partial charge in [-0.3, -0.25) is 24.7 Å². The molecule has 17 nitrogen and oxygen atoms in total. The lowest BCUT2D eigenvalue weighted by molar-refractivity contribution is -0.120. The zero-order valence-corrected chi connectivity index (χ0v) is 31.9. The minimum Gasteiger partial charge on any atom is -0.371 e. The Kier molecular flexibility index (Phi) is 10.6. The fraction of sp³-hybridized carbons (Fsp3) is 0.500. The number of hydrogen-bond acceptors (Lipinski definition) is 12. The predicted molar refractivity (Wildman–Crippen MR) is 209 cm³/mol. The number of piperazine rings is 1. The Bertz CT molecular complexity index is 2050. The van der Waals surface area contributed by atoms with Crippen molar-refractivity contribution in [3.63, 3.8) is 0 Å². The van der Waals surface area contributed by atoms with Crippen LogP contribution in [-0.2, 0) is 4.79 Å². The number of likely N-dealkylation sites (N-methyl/N-ethyl adjacent to an activating group) is 1. The minimum atomic E-state index is -0.820. The second kappa shape index (κ2) is 16.0. The Labute approximate surface area is 328 Å². The first-order valence-corrected chi connectivity index (χ1v) is 19.5. The van der Waals surface area contributed by atoms with Crippen LogP contribution in [0.15, 0.2) is 36.4 Å². The summed E-state index contributed by atoms with van der Waals surface area (Å²) in [6.45, 7) is 7.93. The van der Waals surface area contributed by atoms with Crippen molar-refractivity contribution in [2.24, 2.45) is 11.7 Å². The molecule has 6 amide bonds. The number of piperidine rings is 1. The number of anilines is 6. The van der Waals surface area contributed by atoms with E-state index in [0.717, 1.165) is 57.7 Å². The van der Waals surface area contributed by atoms with Crippen molar-refractivity contribution in [3.8, 4) is 0 Å². The van der Waals surface area contributed by atoms with Crippen molar-refractivity contribution in [2.75, 3.05) is 111 Å². The van der Waals surface area contributed by atoms with Gasteiger partial charge in [0.1, 0.15) is 11.6 Å². The normalized spacial score (nSPS) is 22.1. The molecule has 0 bridgehead atoms. The van der Waals surface area contributed by atoms with Crippen molar-refractivity contribution < 1.29 is 28.0 Å². The van der Waals surface area contributed by atoms with Crippen LogP contribution in [0.1, 0.15) is 36.2 Å². The fourth-order valence-corrected chi connectivity index (χ4v) is 8.53. The Morgan fingerprint density at radius 2 is 1.68 bits per heavy atom. The highest BCUT2D eigenvalue weighted by Crippen LogP contribution is 2.32. The monoisotopic (exact) mass is 787 g/mol. The second-order valence-corrected chi connectivity index (χ2v) is 15.4. The van der Waals surface area contributed by atoms with Gasteiger partial charge in [-0.2, -0.15) is 4.98 Å². The van der Waals surface area contributed by atoms with E-state index in [2.05, 4.69) is 35.6 Å².